The van der Waals surface area contributed by atoms with Crippen molar-refractivity contribution in [1.29, 1.82) is 0 Å². The molecule has 30 heavy (non-hydrogen) atoms. The van der Waals surface area contributed by atoms with Gasteiger partial charge in [-0.15, -0.1) is 0 Å². The second-order valence-corrected chi connectivity index (χ2v) is 9.49. The highest BCUT2D eigenvalue weighted by Gasteiger charge is 2.28. The fraction of sp³-hybridized carbons (Fsp3) is 0.391. The fourth-order valence-electron chi connectivity index (χ4n) is 3.69. The van der Waals surface area contributed by atoms with Crippen LogP contribution in [0.15, 0.2) is 46.9 Å². The molecule has 0 aromatic heterocycles. The summed E-state index contributed by atoms with van der Waals surface area (Å²) in [5.74, 6) is -0.272. The number of carbonyl (C=O) groups is 2. The van der Waals surface area contributed by atoms with Gasteiger partial charge in [-0.05, 0) is 55.2 Å². The van der Waals surface area contributed by atoms with E-state index in [4.69, 9.17) is 23.2 Å². The third-order valence-electron chi connectivity index (χ3n) is 5.49. The topological polar surface area (TPSA) is 49.4 Å². The lowest BCUT2D eigenvalue weighted by Gasteiger charge is -2.30. The predicted octanol–water partition coefficient (Wildman–Crippen LogP) is 5.77. The van der Waals surface area contributed by atoms with E-state index in [0.29, 0.717) is 22.2 Å². The van der Waals surface area contributed by atoms with E-state index >= 15 is 0 Å². The van der Waals surface area contributed by atoms with Gasteiger partial charge in [-0.25, -0.2) is 0 Å². The smallest absolute Gasteiger partial charge is 0.242 e. The van der Waals surface area contributed by atoms with Crippen molar-refractivity contribution in [1.82, 2.24) is 10.2 Å². The van der Waals surface area contributed by atoms with E-state index in [1.54, 1.807) is 30.0 Å². The van der Waals surface area contributed by atoms with E-state index in [0.717, 1.165) is 35.7 Å². The molecule has 1 aliphatic carbocycles. The standard InChI is InChI=1S/C23H25BrCl2N2O2/c1-15(23(30)27-20-4-2-3-5-20)28(14-16-6-9-18(24)10-7-16)22(29)12-17-8-11-19(25)13-21(17)26/h6-11,13,15,20H,2-5,12,14H2,1H3,(H,27,30)/t15-/m0/s1. The molecule has 0 spiro atoms. The van der Waals surface area contributed by atoms with Crippen molar-refractivity contribution in [2.45, 2.75) is 57.7 Å². The molecule has 7 heteroatoms. The second-order valence-electron chi connectivity index (χ2n) is 7.73. The average Bonchev–Trinajstić information content (AvgIpc) is 3.22. The number of halogens is 3. The molecule has 0 bridgehead atoms. The minimum Gasteiger partial charge on any atom is -0.352 e. The summed E-state index contributed by atoms with van der Waals surface area (Å²) >= 11 is 15.7. The van der Waals surface area contributed by atoms with Crippen LogP contribution in [0, 0.1) is 0 Å². The molecule has 2 aromatic rings. The maximum Gasteiger partial charge on any atom is 0.242 e. The lowest BCUT2D eigenvalue weighted by Crippen LogP contribution is -2.50. The molecule has 2 aromatic carbocycles. The second kappa shape index (κ2) is 10.7. The number of rotatable bonds is 7. The van der Waals surface area contributed by atoms with Crippen LogP contribution in [0.2, 0.25) is 10.0 Å². The van der Waals surface area contributed by atoms with Crippen molar-refractivity contribution in [3.8, 4) is 0 Å². The highest BCUT2D eigenvalue weighted by molar-refractivity contribution is 9.10. The van der Waals surface area contributed by atoms with Gasteiger partial charge in [0.1, 0.15) is 6.04 Å². The van der Waals surface area contributed by atoms with Gasteiger partial charge in [-0.3, -0.25) is 9.59 Å². The number of carbonyl (C=O) groups excluding carboxylic acids is 2. The first-order chi connectivity index (χ1) is 14.3. The predicted molar refractivity (Wildman–Crippen MR) is 125 cm³/mol. The van der Waals surface area contributed by atoms with Crippen molar-refractivity contribution in [3.63, 3.8) is 0 Å². The van der Waals surface area contributed by atoms with Gasteiger partial charge in [-0.1, -0.05) is 70.2 Å². The zero-order valence-electron chi connectivity index (χ0n) is 16.8. The zero-order chi connectivity index (χ0) is 21.7. The molecule has 1 aliphatic rings. The van der Waals surface area contributed by atoms with Crippen molar-refractivity contribution >= 4 is 50.9 Å². The molecule has 1 N–H and O–H groups in total. The Bertz CT molecular complexity index is 899. The van der Waals surface area contributed by atoms with Gasteiger partial charge in [0.05, 0.1) is 6.42 Å². The van der Waals surface area contributed by atoms with Gasteiger partial charge in [0.2, 0.25) is 11.8 Å². The molecule has 0 aliphatic heterocycles. The van der Waals surface area contributed by atoms with Crippen LogP contribution < -0.4 is 5.32 Å². The molecular weight excluding hydrogens is 487 g/mol. The summed E-state index contributed by atoms with van der Waals surface area (Å²) in [7, 11) is 0. The molecule has 2 amide bonds. The lowest BCUT2D eigenvalue weighted by atomic mass is 10.1. The van der Waals surface area contributed by atoms with Gasteiger partial charge >= 0.3 is 0 Å². The lowest BCUT2D eigenvalue weighted by molar-refractivity contribution is -0.140. The third kappa shape index (κ3) is 6.22. The third-order valence-corrected chi connectivity index (χ3v) is 6.61. The van der Waals surface area contributed by atoms with E-state index in [1.807, 2.05) is 24.3 Å². The Morgan fingerprint density at radius 1 is 1.13 bits per heavy atom. The molecule has 1 atom stereocenters. The van der Waals surface area contributed by atoms with Crippen LogP contribution in [0.4, 0.5) is 0 Å². The Labute approximate surface area is 196 Å². The van der Waals surface area contributed by atoms with Crippen molar-refractivity contribution in [2.24, 2.45) is 0 Å². The van der Waals surface area contributed by atoms with Gasteiger partial charge in [0.25, 0.3) is 0 Å². The molecule has 160 valence electrons. The SMILES string of the molecule is C[C@@H](C(=O)NC1CCCC1)N(Cc1ccc(Br)cc1)C(=O)Cc1ccc(Cl)cc1Cl. The summed E-state index contributed by atoms with van der Waals surface area (Å²) in [6.07, 6.45) is 4.37. The van der Waals surface area contributed by atoms with E-state index in [2.05, 4.69) is 21.2 Å². The van der Waals surface area contributed by atoms with E-state index in [1.165, 1.54) is 0 Å². The zero-order valence-corrected chi connectivity index (χ0v) is 19.9. The number of benzene rings is 2. The summed E-state index contributed by atoms with van der Waals surface area (Å²) in [4.78, 5) is 27.8. The summed E-state index contributed by atoms with van der Waals surface area (Å²) in [6.45, 7) is 2.13. The Morgan fingerprint density at radius 3 is 2.43 bits per heavy atom. The Hall–Kier alpha value is -1.56. The number of nitrogens with zero attached hydrogens (tertiary/aromatic N) is 1. The minimum atomic E-state index is -0.590. The van der Waals surface area contributed by atoms with Crippen LogP contribution in [0.25, 0.3) is 0 Å². The highest BCUT2D eigenvalue weighted by Crippen LogP contribution is 2.23. The van der Waals surface area contributed by atoms with Crippen molar-refractivity contribution in [2.75, 3.05) is 0 Å². The highest BCUT2D eigenvalue weighted by atomic mass is 79.9. The molecule has 0 radical (unpaired) electrons. The van der Waals surface area contributed by atoms with Gasteiger partial charge in [0.15, 0.2) is 0 Å². The number of amides is 2. The fourth-order valence-corrected chi connectivity index (χ4v) is 4.43. The Kier molecular flexibility index (Phi) is 8.20. The van der Waals surface area contributed by atoms with Gasteiger partial charge < -0.3 is 10.2 Å². The largest absolute Gasteiger partial charge is 0.352 e. The Balaban J connectivity index is 1.78. The summed E-state index contributed by atoms with van der Waals surface area (Å²) < 4.78 is 0.962. The first-order valence-electron chi connectivity index (χ1n) is 10.1. The first-order valence-corrected chi connectivity index (χ1v) is 11.7. The first kappa shape index (κ1) is 23.1. The minimum absolute atomic E-state index is 0.105. The van der Waals surface area contributed by atoms with Crippen LogP contribution >= 0.6 is 39.1 Å². The molecule has 0 unspecified atom stereocenters. The molecule has 4 nitrogen and oxygen atoms in total. The Morgan fingerprint density at radius 2 is 1.80 bits per heavy atom. The molecule has 0 heterocycles. The van der Waals surface area contributed by atoms with Crippen molar-refractivity contribution < 1.29 is 9.59 Å². The van der Waals surface area contributed by atoms with Crippen LogP contribution in [0.5, 0.6) is 0 Å². The average molecular weight is 512 g/mol. The number of nitrogens with one attached hydrogen (secondary N) is 1. The van der Waals surface area contributed by atoms with Crippen LogP contribution in [0.1, 0.15) is 43.7 Å². The maximum absolute atomic E-state index is 13.2. The van der Waals surface area contributed by atoms with Gasteiger partial charge in [-0.2, -0.15) is 0 Å². The van der Waals surface area contributed by atoms with Crippen LogP contribution in [-0.4, -0.2) is 28.8 Å². The van der Waals surface area contributed by atoms with Crippen molar-refractivity contribution in [3.05, 3.63) is 68.1 Å². The summed E-state index contributed by atoms with van der Waals surface area (Å²) in [6, 6.07) is 12.5. The number of hydrogen-bond acceptors (Lipinski definition) is 2. The van der Waals surface area contributed by atoms with E-state index in [9.17, 15) is 9.59 Å². The van der Waals surface area contributed by atoms with E-state index in [-0.39, 0.29) is 24.3 Å². The molecule has 1 saturated carbocycles. The molecule has 3 rings (SSSR count). The van der Waals surface area contributed by atoms with E-state index < -0.39 is 6.04 Å². The molecular formula is C23H25BrCl2N2O2. The summed E-state index contributed by atoms with van der Waals surface area (Å²) in [5, 5.41) is 4.08. The van der Waals surface area contributed by atoms with Crippen LogP contribution in [0.3, 0.4) is 0 Å². The summed E-state index contributed by atoms with van der Waals surface area (Å²) in [5.41, 5.74) is 1.64. The number of hydrogen-bond donors (Lipinski definition) is 1. The molecule has 1 fully saturated rings. The quantitative estimate of drug-likeness (QED) is 0.512. The van der Waals surface area contributed by atoms with Gasteiger partial charge in [0, 0.05) is 27.1 Å². The molecule has 0 saturated heterocycles. The normalized spacial score (nSPS) is 15.1. The maximum atomic E-state index is 13.2. The van der Waals surface area contributed by atoms with Crippen LogP contribution in [-0.2, 0) is 22.6 Å². The monoisotopic (exact) mass is 510 g/mol.